The third kappa shape index (κ3) is 4.96. The van der Waals surface area contributed by atoms with E-state index in [0.717, 1.165) is 36.7 Å². The third-order valence-electron chi connectivity index (χ3n) is 4.13. The lowest BCUT2D eigenvalue weighted by atomic mass is 10.1. The van der Waals surface area contributed by atoms with E-state index >= 15 is 0 Å². The Bertz CT molecular complexity index is 763. The molecule has 3 aromatic rings. The van der Waals surface area contributed by atoms with Crippen LogP contribution < -0.4 is 4.74 Å². The van der Waals surface area contributed by atoms with Crippen LogP contribution in [0.25, 0.3) is 5.69 Å². The van der Waals surface area contributed by atoms with E-state index in [4.69, 9.17) is 9.84 Å². The Morgan fingerprint density at radius 1 is 0.960 bits per heavy atom. The van der Waals surface area contributed by atoms with E-state index < -0.39 is 0 Å². The first-order valence-electron chi connectivity index (χ1n) is 9.03. The number of hydrogen-bond acceptors (Lipinski definition) is 2. The predicted molar refractivity (Wildman–Crippen MR) is 102 cm³/mol. The normalized spacial score (nSPS) is 11.0. The Labute approximate surface area is 150 Å². The molecule has 0 amide bonds. The van der Waals surface area contributed by atoms with E-state index in [9.17, 15) is 0 Å². The van der Waals surface area contributed by atoms with Crippen molar-refractivity contribution in [3.8, 4) is 11.6 Å². The summed E-state index contributed by atoms with van der Waals surface area (Å²) in [5.74, 6) is 1.53. The lowest BCUT2D eigenvalue weighted by Crippen LogP contribution is -2.05. The van der Waals surface area contributed by atoms with Gasteiger partial charge < -0.3 is 4.74 Å². The Kier molecular flexibility index (Phi) is 5.89. The summed E-state index contributed by atoms with van der Waals surface area (Å²) in [6, 6.07) is 22.7. The van der Waals surface area contributed by atoms with Crippen molar-refractivity contribution in [1.82, 2.24) is 9.78 Å². The van der Waals surface area contributed by atoms with E-state index in [-0.39, 0.29) is 0 Å². The summed E-state index contributed by atoms with van der Waals surface area (Å²) in [6.07, 6.45) is 3.05. The van der Waals surface area contributed by atoms with Crippen molar-refractivity contribution in [1.29, 1.82) is 0 Å². The topological polar surface area (TPSA) is 27.1 Å². The number of aromatic nitrogens is 2. The van der Waals surface area contributed by atoms with Crippen LogP contribution in [-0.4, -0.2) is 16.4 Å². The molecule has 1 heterocycles. The molecule has 3 rings (SSSR count). The van der Waals surface area contributed by atoms with Gasteiger partial charge in [-0.2, -0.15) is 5.10 Å². The molecule has 130 valence electrons. The summed E-state index contributed by atoms with van der Waals surface area (Å²) in [4.78, 5) is 0. The average molecular weight is 334 g/mol. The van der Waals surface area contributed by atoms with Crippen LogP contribution in [0.5, 0.6) is 5.88 Å². The number of benzene rings is 2. The predicted octanol–water partition coefficient (Wildman–Crippen LogP) is 5.28. The third-order valence-corrected chi connectivity index (χ3v) is 4.13. The lowest BCUT2D eigenvalue weighted by Gasteiger charge is -2.09. The summed E-state index contributed by atoms with van der Waals surface area (Å²) in [7, 11) is 0. The Morgan fingerprint density at radius 3 is 2.32 bits per heavy atom. The van der Waals surface area contributed by atoms with E-state index in [1.165, 1.54) is 12.0 Å². The zero-order chi connectivity index (χ0) is 17.5. The molecule has 0 N–H and O–H groups in total. The molecule has 0 saturated carbocycles. The molecular weight excluding hydrogens is 308 g/mol. The highest BCUT2D eigenvalue weighted by Gasteiger charge is 2.11. The molecule has 0 aliphatic carbocycles. The molecule has 0 radical (unpaired) electrons. The second-order valence-electron chi connectivity index (χ2n) is 6.77. The molecule has 0 unspecified atom stereocenters. The molecule has 0 saturated heterocycles. The van der Waals surface area contributed by atoms with Crippen LogP contribution in [0.4, 0.5) is 0 Å². The fraction of sp³-hybridized carbons (Fsp3) is 0.318. The van der Waals surface area contributed by atoms with Gasteiger partial charge in [0, 0.05) is 12.5 Å². The number of hydrogen-bond donors (Lipinski definition) is 0. The van der Waals surface area contributed by atoms with E-state index in [1.54, 1.807) is 0 Å². The summed E-state index contributed by atoms with van der Waals surface area (Å²) >= 11 is 0. The van der Waals surface area contributed by atoms with Gasteiger partial charge in [-0.15, -0.1) is 0 Å². The van der Waals surface area contributed by atoms with Gasteiger partial charge in [-0.1, -0.05) is 62.4 Å². The summed E-state index contributed by atoms with van der Waals surface area (Å²) in [6.45, 7) is 5.21. The van der Waals surface area contributed by atoms with Gasteiger partial charge >= 0.3 is 0 Å². The minimum absolute atomic E-state index is 0.705. The first-order chi connectivity index (χ1) is 12.2. The van der Waals surface area contributed by atoms with Crippen molar-refractivity contribution in [2.75, 3.05) is 6.61 Å². The van der Waals surface area contributed by atoms with Crippen molar-refractivity contribution < 1.29 is 4.74 Å². The van der Waals surface area contributed by atoms with Crippen LogP contribution in [0.2, 0.25) is 0 Å². The van der Waals surface area contributed by atoms with Gasteiger partial charge in [0.25, 0.3) is 0 Å². The summed E-state index contributed by atoms with van der Waals surface area (Å²) in [5.41, 5.74) is 3.31. The molecular formula is C22H26N2O. The highest BCUT2D eigenvalue weighted by atomic mass is 16.5. The van der Waals surface area contributed by atoms with E-state index in [1.807, 2.05) is 28.9 Å². The van der Waals surface area contributed by atoms with Crippen LogP contribution in [-0.2, 0) is 6.42 Å². The van der Waals surface area contributed by atoms with Crippen LogP contribution >= 0.6 is 0 Å². The minimum Gasteiger partial charge on any atom is -0.478 e. The SMILES string of the molecule is CC(C)CCCOc1cc(Cc2ccccc2)nn1-c1ccccc1. The van der Waals surface area contributed by atoms with Crippen LogP contribution in [0.1, 0.15) is 37.9 Å². The molecule has 0 aliphatic rings. The van der Waals surface area contributed by atoms with Gasteiger partial charge in [0.15, 0.2) is 0 Å². The maximum Gasteiger partial charge on any atom is 0.216 e. The van der Waals surface area contributed by atoms with Gasteiger partial charge in [-0.25, -0.2) is 4.68 Å². The number of rotatable bonds is 8. The highest BCUT2D eigenvalue weighted by molar-refractivity contribution is 5.36. The zero-order valence-corrected chi connectivity index (χ0v) is 15.1. The van der Waals surface area contributed by atoms with Crippen LogP contribution in [0.15, 0.2) is 66.7 Å². The second-order valence-corrected chi connectivity index (χ2v) is 6.77. The van der Waals surface area contributed by atoms with Crippen molar-refractivity contribution in [3.63, 3.8) is 0 Å². The molecule has 2 aromatic carbocycles. The Morgan fingerprint density at radius 2 is 1.64 bits per heavy atom. The van der Waals surface area contributed by atoms with Gasteiger partial charge in [0.2, 0.25) is 5.88 Å². The van der Waals surface area contributed by atoms with Crippen LogP contribution in [0, 0.1) is 5.92 Å². The van der Waals surface area contributed by atoms with Crippen molar-refractivity contribution >= 4 is 0 Å². The van der Waals surface area contributed by atoms with E-state index in [2.05, 4.69) is 56.3 Å². The number of nitrogens with zero attached hydrogens (tertiary/aromatic N) is 2. The summed E-state index contributed by atoms with van der Waals surface area (Å²) in [5, 5.41) is 4.78. The molecule has 3 nitrogen and oxygen atoms in total. The summed E-state index contributed by atoms with van der Waals surface area (Å²) < 4.78 is 7.97. The largest absolute Gasteiger partial charge is 0.478 e. The van der Waals surface area contributed by atoms with Crippen LogP contribution in [0.3, 0.4) is 0 Å². The zero-order valence-electron chi connectivity index (χ0n) is 15.1. The van der Waals surface area contributed by atoms with Gasteiger partial charge in [-0.3, -0.25) is 0 Å². The fourth-order valence-electron chi connectivity index (χ4n) is 2.83. The van der Waals surface area contributed by atoms with Gasteiger partial charge in [0.05, 0.1) is 18.0 Å². The maximum atomic E-state index is 6.06. The Hall–Kier alpha value is -2.55. The van der Waals surface area contributed by atoms with Crippen molar-refractivity contribution in [2.45, 2.75) is 33.1 Å². The quantitative estimate of drug-likeness (QED) is 0.524. The monoisotopic (exact) mass is 334 g/mol. The first kappa shape index (κ1) is 17.3. The molecule has 25 heavy (non-hydrogen) atoms. The maximum absolute atomic E-state index is 6.06. The lowest BCUT2D eigenvalue weighted by molar-refractivity contribution is 0.279. The van der Waals surface area contributed by atoms with E-state index in [0.29, 0.717) is 5.92 Å². The molecule has 3 heteroatoms. The smallest absolute Gasteiger partial charge is 0.216 e. The van der Waals surface area contributed by atoms with Crippen molar-refractivity contribution in [2.24, 2.45) is 5.92 Å². The highest BCUT2D eigenvalue weighted by Crippen LogP contribution is 2.21. The number of ether oxygens (including phenoxy) is 1. The standard InChI is InChI=1S/C22H26N2O/c1-18(2)10-9-15-25-22-17-20(16-19-11-5-3-6-12-19)23-24(22)21-13-7-4-8-14-21/h3-8,11-14,17-18H,9-10,15-16H2,1-2H3. The minimum atomic E-state index is 0.705. The fourth-order valence-corrected chi connectivity index (χ4v) is 2.83. The molecule has 0 bridgehead atoms. The average Bonchev–Trinajstić information content (AvgIpc) is 3.03. The van der Waals surface area contributed by atoms with Gasteiger partial charge in [-0.05, 0) is 36.5 Å². The van der Waals surface area contributed by atoms with Crippen molar-refractivity contribution in [3.05, 3.63) is 78.0 Å². The molecule has 0 aliphatic heterocycles. The molecule has 0 fully saturated rings. The molecule has 0 atom stereocenters. The first-order valence-corrected chi connectivity index (χ1v) is 9.03. The van der Waals surface area contributed by atoms with Gasteiger partial charge in [0.1, 0.15) is 0 Å². The molecule has 0 spiro atoms. The number of para-hydroxylation sites is 1. The Balaban J connectivity index is 1.78. The molecule has 1 aromatic heterocycles. The second kappa shape index (κ2) is 8.52.